The minimum absolute atomic E-state index is 0.00000567. The fraction of sp³-hybridized carbons (Fsp3) is 0.500. The summed E-state index contributed by atoms with van der Waals surface area (Å²) in [5.74, 6) is 0.669. The molecule has 0 amide bonds. The van der Waals surface area contributed by atoms with Gasteiger partial charge in [-0.2, -0.15) is 0 Å². The van der Waals surface area contributed by atoms with Crippen LogP contribution in [0.2, 0.25) is 0 Å². The summed E-state index contributed by atoms with van der Waals surface area (Å²) >= 11 is 0. The molecule has 0 saturated carbocycles. The molecule has 23 heavy (non-hydrogen) atoms. The molecule has 1 aromatic heterocycles. The molecule has 0 aliphatic rings. The van der Waals surface area contributed by atoms with E-state index in [9.17, 15) is 8.42 Å². The predicted octanol–water partition coefficient (Wildman–Crippen LogP) is 2.24. The van der Waals surface area contributed by atoms with Crippen LogP contribution in [-0.2, 0) is 22.1 Å². The molecular formula is C16H24N4O2S. The molecule has 0 radical (unpaired) electrons. The molecule has 0 spiro atoms. The monoisotopic (exact) mass is 336 g/mol. The first kappa shape index (κ1) is 17.6. The molecule has 7 heteroatoms. The summed E-state index contributed by atoms with van der Waals surface area (Å²) in [6.45, 7) is 8.26. The number of aromatic nitrogens is 3. The van der Waals surface area contributed by atoms with Crippen LogP contribution < -0.4 is 5.73 Å². The van der Waals surface area contributed by atoms with Gasteiger partial charge < -0.3 is 10.3 Å². The Morgan fingerprint density at radius 1 is 1.22 bits per heavy atom. The minimum atomic E-state index is -3.59. The Bertz CT molecular complexity index is 779. The molecule has 1 atom stereocenters. The van der Waals surface area contributed by atoms with E-state index in [1.54, 1.807) is 17.6 Å². The summed E-state index contributed by atoms with van der Waals surface area (Å²) in [6, 6.07) is 7.09. The number of benzene rings is 1. The van der Waals surface area contributed by atoms with Crippen LogP contribution in [0.4, 0.5) is 0 Å². The van der Waals surface area contributed by atoms with Crippen molar-refractivity contribution in [3.05, 3.63) is 41.2 Å². The molecule has 1 heterocycles. The van der Waals surface area contributed by atoms with Gasteiger partial charge in [0.1, 0.15) is 0 Å². The summed E-state index contributed by atoms with van der Waals surface area (Å²) in [7, 11) is -3.59. The maximum Gasteiger partial charge on any atom is 0.250 e. The molecular weight excluding hydrogens is 312 g/mol. The number of hydrogen-bond donors (Lipinski definition) is 1. The second kappa shape index (κ2) is 6.80. The van der Waals surface area contributed by atoms with Gasteiger partial charge in [-0.25, -0.2) is 8.42 Å². The second-order valence-electron chi connectivity index (χ2n) is 6.38. The first-order chi connectivity index (χ1) is 10.7. The highest BCUT2D eigenvalue weighted by Gasteiger charge is 2.26. The van der Waals surface area contributed by atoms with Crippen molar-refractivity contribution in [2.45, 2.75) is 51.2 Å². The van der Waals surface area contributed by atoms with Crippen molar-refractivity contribution >= 4 is 9.84 Å². The normalized spacial score (nSPS) is 13.5. The molecule has 0 bridgehead atoms. The lowest BCUT2D eigenvalue weighted by molar-refractivity contribution is 0.461. The van der Waals surface area contributed by atoms with Gasteiger partial charge in [-0.15, -0.1) is 10.2 Å². The average molecular weight is 336 g/mol. The lowest BCUT2D eigenvalue weighted by Gasteiger charge is -2.14. The largest absolute Gasteiger partial charge is 0.322 e. The number of nitrogens with two attached hydrogens (primary N) is 1. The second-order valence-corrected chi connectivity index (χ2v) is 8.27. The standard InChI is InChI=1S/C16H24N4O2S/c1-11(2)9-20-15(13(4)17)18-19-16(20)23(21,22)10-14-7-5-6-12(3)8-14/h5-8,11,13H,9-10,17H2,1-4H3. The smallest absolute Gasteiger partial charge is 0.250 e. The van der Waals surface area contributed by atoms with Crippen molar-refractivity contribution in [1.29, 1.82) is 0 Å². The maximum absolute atomic E-state index is 12.8. The lowest BCUT2D eigenvalue weighted by atomic mass is 10.2. The summed E-state index contributed by atoms with van der Waals surface area (Å²) in [5.41, 5.74) is 7.67. The average Bonchev–Trinajstić information content (AvgIpc) is 2.81. The fourth-order valence-electron chi connectivity index (χ4n) is 2.49. The zero-order chi connectivity index (χ0) is 17.2. The highest BCUT2D eigenvalue weighted by molar-refractivity contribution is 7.90. The Morgan fingerprint density at radius 2 is 1.91 bits per heavy atom. The third-order valence-corrected chi connectivity index (χ3v) is 4.99. The Hall–Kier alpha value is -1.73. The van der Waals surface area contributed by atoms with Gasteiger partial charge in [0.15, 0.2) is 5.82 Å². The zero-order valence-corrected chi connectivity index (χ0v) is 14.8. The van der Waals surface area contributed by atoms with Crippen molar-refractivity contribution in [2.75, 3.05) is 0 Å². The topological polar surface area (TPSA) is 90.9 Å². The van der Waals surface area contributed by atoms with E-state index in [0.717, 1.165) is 11.1 Å². The van der Waals surface area contributed by atoms with Crippen LogP contribution in [-0.4, -0.2) is 23.2 Å². The van der Waals surface area contributed by atoms with E-state index in [2.05, 4.69) is 10.2 Å². The van der Waals surface area contributed by atoms with Gasteiger partial charge in [0.2, 0.25) is 15.0 Å². The van der Waals surface area contributed by atoms with Gasteiger partial charge >= 0.3 is 0 Å². The zero-order valence-electron chi connectivity index (χ0n) is 14.0. The van der Waals surface area contributed by atoms with Crippen LogP contribution >= 0.6 is 0 Å². The number of hydrogen-bond acceptors (Lipinski definition) is 5. The third kappa shape index (κ3) is 4.17. The Balaban J connectivity index is 2.43. The molecule has 0 saturated heterocycles. The van der Waals surface area contributed by atoms with E-state index in [1.807, 2.05) is 39.0 Å². The number of aryl methyl sites for hydroxylation is 1. The predicted molar refractivity (Wildman–Crippen MR) is 89.5 cm³/mol. The Kier molecular flexibility index (Phi) is 5.21. The molecule has 126 valence electrons. The third-order valence-electron chi connectivity index (χ3n) is 3.42. The molecule has 6 nitrogen and oxygen atoms in total. The number of sulfone groups is 1. The molecule has 1 aromatic carbocycles. The molecule has 0 aliphatic heterocycles. The highest BCUT2D eigenvalue weighted by atomic mass is 32.2. The van der Waals surface area contributed by atoms with Crippen LogP contribution in [0.25, 0.3) is 0 Å². The molecule has 0 aliphatic carbocycles. The van der Waals surface area contributed by atoms with Crippen molar-refractivity contribution in [3.8, 4) is 0 Å². The first-order valence-corrected chi connectivity index (χ1v) is 9.33. The lowest BCUT2D eigenvalue weighted by Crippen LogP contribution is -2.20. The molecule has 2 aromatic rings. The summed E-state index contributed by atoms with van der Waals surface area (Å²) in [6.07, 6.45) is 0. The van der Waals surface area contributed by atoms with E-state index in [0.29, 0.717) is 12.4 Å². The quantitative estimate of drug-likeness (QED) is 0.873. The maximum atomic E-state index is 12.8. The van der Waals surface area contributed by atoms with Crippen molar-refractivity contribution in [1.82, 2.24) is 14.8 Å². The van der Waals surface area contributed by atoms with Gasteiger partial charge in [-0.1, -0.05) is 43.7 Å². The van der Waals surface area contributed by atoms with Crippen LogP contribution in [0.15, 0.2) is 29.4 Å². The van der Waals surface area contributed by atoms with Crippen molar-refractivity contribution in [2.24, 2.45) is 11.7 Å². The molecule has 2 rings (SSSR count). The van der Waals surface area contributed by atoms with Gasteiger partial charge in [0.05, 0.1) is 11.8 Å². The number of nitrogens with zero attached hydrogens (tertiary/aromatic N) is 3. The van der Waals surface area contributed by atoms with Gasteiger partial charge in [-0.05, 0) is 25.3 Å². The van der Waals surface area contributed by atoms with Gasteiger partial charge in [0, 0.05) is 6.54 Å². The van der Waals surface area contributed by atoms with Gasteiger partial charge in [-0.3, -0.25) is 0 Å². The first-order valence-electron chi connectivity index (χ1n) is 7.67. The van der Waals surface area contributed by atoms with E-state index in [4.69, 9.17) is 5.73 Å². The van der Waals surface area contributed by atoms with E-state index < -0.39 is 9.84 Å². The summed E-state index contributed by atoms with van der Waals surface area (Å²) in [4.78, 5) is 0. The Labute approximate surface area is 137 Å². The molecule has 0 fully saturated rings. The SMILES string of the molecule is Cc1cccc(CS(=O)(=O)c2nnc(C(C)N)n2CC(C)C)c1. The molecule has 1 unspecified atom stereocenters. The van der Waals surface area contributed by atoms with E-state index in [1.165, 1.54) is 0 Å². The summed E-state index contributed by atoms with van der Waals surface area (Å²) in [5, 5.41) is 7.93. The van der Waals surface area contributed by atoms with Crippen LogP contribution in [0.5, 0.6) is 0 Å². The summed E-state index contributed by atoms with van der Waals surface area (Å²) < 4.78 is 27.2. The minimum Gasteiger partial charge on any atom is -0.322 e. The van der Waals surface area contributed by atoms with Crippen molar-refractivity contribution in [3.63, 3.8) is 0 Å². The van der Waals surface area contributed by atoms with Crippen LogP contribution in [0.1, 0.15) is 43.8 Å². The Morgan fingerprint density at radius 3 is 2.48 bits per heavy atom. The highest BCUT2D eigenvalue weighted by Crippen LogP contribution is 2.20. The number of rotatable bonds is 6. The fourth-order valence-corrected chi connectivity index (χ4v) is 3.91. The van der Waals surface area contributed by atoms with Crippen molar-refractivity contribution < 1.29 is 8.42 Å². The van der Waals surface area contributed by atoms with Crippen LogP contribution in [0.3, 0.4) is 0 Å². The van der Waals surface area contributed by atoms with E-state index >= 15 is 0 Å². The molecule has 2 N–H and O–H groups in total. The van der Waals surface area contributed by atoms with Crippen LogP contribution in [0, 0.1) is 12.8 Å². The van der Waals surface area contributed by atoms with Gasteiger partial charge in [0.25, 0.3) is 0 Å². The van der Waals surface area contributed by atoms with E-state index in [-0.39, 0.29) is 22.9 Å².